The van der Waals surface area contributed by atoms with Crippen molar-refractivity contribution >= 4 is 17.8 Å². The maximum atomic E-state index is 5.49. The van der Waals surface area contributed by atoms with Crippen molar-refractivity contribution in [1.29, 1.82) is 0 Å². The van der Waals surface area contributed by atoms with E-state index in [1.165, 1.54) is 25.9 Å². The number of allylic oxidation sites excluding steroid dienone is 1. The minimum Gasteiger partial charge on any atom is -0.388 e. The van der Waals surface area contributed by atoms with Crippen molar-refractivity contribution in [3.8, 4) is 0 Å². The van der Waals surface area contributed by atoms with Gasteiger partial charge in [-0.1, -0.05) is 40.2 Å². The summed E-state index contributed by atoms with van der Waals surface area (Å²) in [5, 5.41) is 7.19. The number of ether oxygens (including phenoxy) is 1. The number of alkyl halides is 1. The molecular weight excluding hydrogens is 324 g/mol. The van der Waals surface area contributed by atoms with Crippen LogP contribution in [-0.2, 0) is 4.74 Å². The van der Waals surface area contributed by atoms with Gasteiger partial charge in [-0.2, -0.15) is 5.10 Å². The summed E-state index contributed by atoms with van der Waals surface area (Å²) in [6.07, 6.45) is 8.14. The molecule has 24 heavy (non-hydrogen) atoms. The third kappa shape index (κ3) is 26.3. The van der Waals surface area contributed by atoms with E-state index in [1.807, 2.05) is 26.0 Å². The molecule has 6 heteroatoms. The van der Waals surface area contributed by atoms with Crippen LogP contribution in [0.5, 0.6) is 0 Å². The summed E-state index contributed by atoms with van der Waals surface area (Å²) >= 11 is 5.49. The largest absolute Gasteiger partial charge is 0.388 e. The molecule has 1 aliphatic rings. The third-order valence-electron chi connectivity index (χ3n) is 2.83. The molecule has 1 aliphatic heterocycles. The number of nitrogens with one attached hydrogen (secondary N) is 2. The summed E-state index contributed by atoms with van der Waals surface area (Å²) in [4.78, 5) is 2.32. The van der Waals surface area contributed by atoms with E-state index < -0.39 is 0 Å². The summed E-state index contributed by atoms with van der Waals surface area (Å²) in [6.45, 7) is 13.0. The number of likely N-dealkylation sites (N-methyl/N-ethyl adjacent to an activating group) is 1. The Bertz CT molecular complexity index is 263. The highest BCUT2D eigenvalue weighted by atomic mass is 35.5. The Morgan fingerprint density at radius 3 is 2.25 bits per heavy atom. The molecule has 0 aliphatic carbocycles. The van der Waals surface area contributed by atoms with E-state index in [9.17, 15) is 0 Å². The van der Waals surface area contributed by atoms with Crippen LogP contribution in [0.15, 0.2) is 17.3 Å². The first-order valence-electron chi connectivity index (χ1n) is 8.96. The topological polar surface area (TPSA) is 48.9 Å². The highest BCUT2D eigenvalue weighted by molar-refractivity contribution is 6.18. The quantitative estimate of drug-likeness (QED) is 0.512. The maximum Gasteiger partial charge on any atom is 0.0759 e. The minimum absolute atomic E-state index is 0.224. The van der Waals surface area contributed by atoms with Crippen molar-refractivity contribution in [1.82, 2.24) is 15.6 Å². The van der Waals surface area contributed by atoms with Gasteiger partial charge in [0.2, 0.25) is 0 Å². The van der Waals surface area contributed by atoms with Crippen LogP contribution < -0.4 is 10.7 Å². The summed E-state index contributed by atoms with van der Waals surface area (Å²) in [5.74, 6) is 0.577. The van der Waals surface area contributed by atoms with Crippen molar-refractivity contribution in [2.75, 3.05) is 53.3 Å². The second-order valence-corrected chi connectivity index (χ2v) is 5.27. The second-order valence-electron chi connectivity index (χ2n) is 4.96. The third-order valence-corrected chi connectivity index (χ3v) is 3.16. The van der Waals surface area contributed by atoms with Gasteiger partial charge in [-0.05, 0) is 32.6 Å². The fourth-order valence-corrected chi connectivity index (χ4v) is 1.52. The van der Waals surface area contributed by atoms with Gasteiger partial charge < -0.3 is 20.4 Å². The van der Waals surface area contributed by atoms with Gasteiger partial charge in [0.1, 0.15) is 0 Å². The molecule has 1 atom stereocenters. The molecule has 0 aromatic rings. The number of unbranched alkanes of at least 4 members (excludes halogenated alkanes) is 1. The van der Waals surface area contributed by atoms with Crippen LogP contribution in [0.25, 0.3) is 0 Å². The van der Waals surface area contributed by atoms with Crippen LogP contribution >= 0.6 is 11.6 Å². The number of hydrogen-bond donors (Lipinski definition) is 2. The molecule has 0 saturated carbocycles. The van der Waals surface area contributed by atoms with Gasteiger partial charge in [0.25, 0.3) is 0 Å². The van der Waals surface area contributed by atoms with Crippen LogP contribution in [-0.4, -0.2) is 70.5 Å². The molecule has 1 unspecified atom stereocenters. The zero-order valence-corrected chi connectivity index (χ0v) is 17.7. The van der Waals surface area contributed by atoms with Crippen molar-refractivity contribution in [3.05, 3.63) is 12.2 Å². The molecule has 1 rings (SSSR count). The first-order chi connectivity index (χ1) is 11.7. The Morgan fingerprint density at radius 1 is 1.25 bits per heavy atom. The first kappa shape index (κ1) is 28.2. The summed E-state index contributed by atoms with van der Waals surface area (Å²) in [6, 6.07) is 0.224. The lowest BCUT2D eigenvalue weighted by atomic mass is 10.3. The highest BCUT2D eigenvalue weighted by Gasteiger charge is 1.99. The number of halogens is 1. The van der Waals surface area contributed by atoms with E-state index in [0.29, 0.717) is 5.88 Å². The fraction of sp³-hybridized carbons (Fsp3) is 0.833. The van der Waals surface area contributed by atoms with E-state index in [-0.39, 0.29) is 6.04 Å². The zero-order valence-electron chi connectivity index (χ0n) is 16.9. The number of methoxy groups -OCH3 is 1. The zero-order chi connectivity index (χ0) is 19.1. The highest BCUT2D eigenvalue weighted by Crippen LogP contribution is 1.92. The predicted molar refractivity (Wildman–Crippen MR) is 111 cm³/mol. The molecule has 0 amide bonds. The standard InChI is InChI=1S/C9H22N2.C5H7ClN2.C2H6O.C2H6/c1-4-6-7-10-8-9-11(3)5-2;6-4-5-2-1-3-7-8-5;1-3-2;1-2/h10H,4-9H2,1-3H3;1-3,5,8H,4H2;1-2H3;1-2H3. The van der Waals surface area contributed by atoms with E-state index in [1.54, 1.807) is 20.4 Å². The Labute approximate surface area is 155 Å². The van der Waals surface area contributed by atoms with E-state index >= 15 is 0 Å². The van der Waals surface area contributed by atoms with Crippen LogP contribution in [0, 0.1) is 0 Å². The van der Waals surface area contributed by atoms with Crippen molar-refractivity contribution < 1.29 is 4.74 Å². The normalized spacial score (nSPS) is 14.5. The summed E-state index contributed by atoms with van der Waals surface area (Å²) < 4.78 is 4.25. The van der Waals surface area contributed by atoms with E-state index in [0.717, 1.165) is 13.1 Å². The van der Waals surface area contributed by atoms with Gasteiger partial charge in [0.05, 0.1) is 6.04 Å². The number of nitrogens with zero attached hydrogens (tertiary/aromatic N) is 2. The average molecular weight is 365 g/mol. The predicted octanol–water partition coefficient (Wildman–Crippen LogP) is 3.36. The number of hydrogen-bond acceptors (Lipinski definition) is 5. The van der Waals surface area contributed by atoms with Crippen LogP contribution in [0.1, 0.15) is 40.5 Å². The molecule has 0 aromatic carbocycles. The monoisotopic (exact) mass is 364 g/mol. The van der Waals surface area contributed by atoms with Crippen molar-refractivity contribution in [3.63, 3.8) is 0 Å². The van der Waals surface area contributed by atoms with Crippen molar-refractivity contribution in [2.45, 2.75) is 46.6 Å². The number of rotatable bonds is 8. The molecule has 146 valence electrons. The van der Waals surface area contributed by atoms with E-state index in [2.05, 4.69) is 46.4 Å². The fourth-order valence-electron chi connectivity index (χ4n) is 1.35. The lowest BCUT2D eigenvalue weighted by Crippen LogP contribution is -2.29. The van der Waals surface area contributed by atoms with Gasteiger partial charge in [0, 0.05) is 39.4 Å². The molecule has 0 radical (unpaired) electrons. The van der Waals surface area contributed by atoms with E-state index in [4.69, 9.17) is 11.6 Å². The average Bonchev–Trinajstić information content (AvgIpc) is 2.65. The molecule has 0 fully saturated rings. The maximum absolute atomic E-state index is 5.49. The van der Waals surface area contributed by atoms with Gasteiger partial charge in [-0.15, -0.1) is 11.6 Å². The number of hydrazone groups is 1. The Morgan fingerprint density at radius 2 is 1.88 bits per heavy atom. The molecule has 1 heterocycles. The molecule has 0 aromatic heterocycles. The minimum atomic E-state index is 0.224. The van der Waals surface area contributed by atoms with Crippen molar-refractivity contribution in [2.24, 2.45) is 5.10 Å². The molecule has 5 nitrogen and oxygen atoms in total. The molecule has 0 bridgehead atoms. The molecular formula is C18H41ClN4O. The Balaban J connectivity index is -0.000000296. The lowest BCUT2D eigenvalue weighted by molar-refractivity contribution is 0.277. The Kier molecular flexibility index (Phi) is 32.0. The lowest BCUT2D eigenvalue weighted by Gasteiger charge is -2.13. The van der Waals surface area contributed by atoms with Gasteiger partial charge >= 0.3 is 0 Å². The SMILES string of the molecule is CC.CCCCNCCN(C)CC.COC.ClCC1C=CC=NN1. The molecule has 0 saturated heterocycles. The summed E-state index contributed by atoms with van der Waals surface area (Å²) in [5.41, 5.74) is 2.82. The second kappa shape index (κ2) is 27.2. The van der Waals surface area contributed by atoms with Gasteiger partial charge in [-0.3, -0.25) is 0 Å². The van der Waals surface area contributed by atoms with Crippen LogP contribution in [0.3, 0.4) is 0 Å². The summed E-state index contributed by atoms with van der Waals surface area (Å²) in [7, 11) is 5.40. The first-order valence-corrected chi connectivity index (χ1v) is 9.50. The smallest absolute Gasteiger partial charge is 0.0759 e. The molecule has 0 spiro atoms. The van der Waals surface area contributed by atoms with Gasteiger partial charge in [-0.25, -0.2) is 0 Å². The van der Waals surface area contributed by atoms with Crippen LogP contribution in [0.4, 0.5) is 0 Å². The Hall–Kier alpha value is -0.620. The molecule has 2 N–H and O–H groups in total. The van der Waals surface area contributed by atoms with Crippen LogP contribution in [0.2, 0.25) is 0 Å². The van der Waals surface area contributed by atoms with Gasteiger partial charge in [0.15, 0.2) is 0 Å².